The molecule has 0 aromatic carbocycles. The summed E-state index contributed by atoms with van der Waals surface area (Å²) in [4.78, 5) is 15.4. The summed E-state index contributed by atoms with van der Waals surface area (Å²) in [5, 5.41) is 7.40. The Morgan fingerprint density at radius 1 is 1.64 bits per heavy atom. The predicted octanol–water partition coefficient (Wildman–Crippen LogP) is 1.13. The number of aromatic amines is 1. The highest BCUT2D eigenvalue weighted by molar-refractivity contribution is 6.00. The number of pyridine rings is 1. The summed E-state index contributed by atoms with van der Waals surface area (Å²) in [6, 6.07) is 1.78. The first-order valence-electron chi connectivity index (χ1n) is 4.28. The number of ether oxygens (including phenoxy) is 1. The van der Waals surface area contributed by atoms with Gasteiger partial charge in [-0.3, -0.25) is 5.10 Å². The lowest BCUT2D eigenvalue weighted by molar-refractivity contribution is 0.0522. The minimum Gasteiger partial charge on any atom is -0.461 e. The van der Waals surface area contributed by atoms with E-state index in [1.807, 2.05) is 0 Å². The van der Waals surface area contributed by atoms with Gasteiger partial charge >= 0.3 is 5.97 Å². The molecule has 5 heteroatoms. The topological polar surface area (TPSA) is 67.9 Å². The van der Waals surface area contributed by atoms with E-state index in [2.05, 4.69) is 15.2 Å². The number of hydrogen-bond acceptors (Lipinski definition) is 4. The molecule has 0 radical (unpaired) electrons. The molecule has 0 bridgehead atoms. The van der Waals surface area contributed by atoms with Crippen molar-refractivity contribution in [3.8, 4) is 0 Å². The van der Waals surface area contributed by atoms with Gasteiger partial charge in [0.25, 0.3) is 0 Å². The fourth-order valence-electron chi connectivity index (χ4n) is 1.22. The van der Waals surface area contributed by atoms with Crippen molar-refractivity contribution < 1.29 is 9.53 Å². The standard InChI is InChI=1S/C9H9N3O2/c1-2-14-9(13)8-7-6(3-4-10-8)5-11-12-7/h3-5H,2H2,1H3,(H,11,12). The van der Waals surface area contributed by atoms with Gasteiger partial charge in [0.1, 0.15) is 0 Å². The molecule has 0 saturated heterocycles. The Bertz CT molecular complexity index is 464. The van der Waals surface area contributed by atoms with Crippen LogP contribution in [0, 0.1) is 0 Å². The van der Waals surface area contributed by atoms with E-state index in [4.69, 9.17) is 4.74 Å². The molecule has 0 aliphatic heterocycles. The average Bonchev–Trinajstić information content (AvgIpc) is 2.65. The number of carbonyl (C=O) groups excluding carboxylic acids is 1. The number of hydrogen-bond donors (Lipinski definition) is 1. The lowest BCUT2D eigenvalue weighted by Gasteiger charge is -2.00. The summed E-state index contributed by atoms with van der Waals surface area (Å²) in [5.74, 6) is -0.428. The first-order chi connectivity index (χ1) is 6.83. The monoisotopic (exact) mass is 191 g/mol. The fourth-order valence-corrected chi connectivity index (χ4v) is 1.22. The quantitative estimate of drug-likeness (QED) is 0.722. The third-order valence-electron chi connectivity index (χ3n) is 1.83. The summed E-state index contributed by atoms with van der Waals surface area (Å²) in [6.45, 7) is 2.09. The van der Waals surface area contributed by atoms with Crippen molar-refractivity contribution in [3.05, 3.63) is 24.2 Å². The molecule has 1 N–H and O–H groups in total. The van der Waals surface area contributed by atoms with E-state index >= 15 is 0 Å². The number of rotatable bonds is 2. The van der Waals surface area contributed by atoms with Gasteiger partial charge in [-0.25, -0.2) is 9.78 Å². The van der Waals surface area contributed by atoms with Gasteiger partial charge in [0.15, 0.2) is 5.69 Å². The van der Waals surface area contributed by atoms with Crippen LogP contribution >= 0.6 is 0 Å². The lowest BCUT2D eigenvalue weighted by Crippen LogP contribution is -2.07. The van der Waals surface area contributed by atoms with E-state index in [1.165, 1.54) is 0 Å². The van der Waals surface area contributed by atoms with Crippen LogP contribution in [0.25, 0.3) is 10.9 Å². The zero-order valence-electron chi connectivity index (χ0n) is 7.65. The molecule has 0 aliphatic rings. The molecule has 0 atom stereocenters. The summed E-state index contributed by atoms with van der Waals surface area (Å²) in [5.41, 5.74) is 0.896. The molecule has 72 valence electrons. The summed E-state index contributed by atoms with van der Waals surface area (Å²) in [7, 11) is 0. The van der Waals surface area contributed by atoms with Crippen LogP contribution in [0.4, 0.5) is 0 Å². The molecule has 2 aromatic rings. The Hall–Kier alpha value is -1.91. The van der Waals surface area contributed by atoms with Crippen LogP contribution in [0.3, 0.4) is 0 Å². The van der Waals surface area contributed by atoms with Gasteiger partial charge in [-0.05, 0) is 13.0 Å². The second kappa shape index (κ2) is 3.45. The molecule has 2 heterocycles. The van der Waals surface area contributed by atoms with Crippen LogP contribution in [0.5, 0.6) is 0 Å². The second-order valence-corrected chi connectivity index (χ2v) is 2.71. The van der Waals surface area contributed by atoms with Crippen molar-refractivity contribution in [3.63, 3.8) is 0 Å². The van der Waals surface area contributed by atoms with Crippen LogP contribution in [0.2, 0.25) is 0 Å². The van der Waals surface area contributed by atoms with Crippen molar-refractivity contribution in [2.24, 2.45) is 0 Å². The van der Waals surface area contributed by atoms with Gasteiger partial charge in [0, 0.05) is 11.6 Å². The molecular formula is C9H9N3O2. The van der Waals surface area contributed by atoms with E-state index in [9.17, 15) is 4.79 Å². The number of carbonyl (C=O) groups is 1. The number of esters is 1. The van der Waals surface area contributed by atoms with Crippen molar-refractivity contribution in [1.82, 2.24) is 15.2 Å². The Labute approximate surface area is 80.1 Å². The van der Waals surface area contributed by atoms with Gasteiger partial charge in [0.2, 0.25) is 0 Å². The molecule has 0 saturated carbocycles. The van der Waals surface area contributed by atoms with Crippen LogP contribution in [0.1, 0.15) is 17.4 Å². The Balaban J connectivity index is 2.50. The third-order valence-corrected chi connectivity index (χ3v) is 1.83. The zero-order valence-corrected chi connectivity index (χ0v) is 7.65. The van der Waals surface area contributed by atoms with Gasteiger partial charge in [0.05, 0.1) is 18.3 Å². The molecular weight excluding hydrogens is 182 g/mol. The smallest absolute Gasteiger partial charge is 0.359 e. The normalized spacial score (nSPS) is 10.4. The van der Waals surface area contributed by atoms with Gasteiger partial charge in [-0.15, -0.1) is 0 Å². The largest absolute Gasteiger partial charge is 0.461 e. The van der Waals surface area contributed by atoms with Crippen LogP contribution in [-0.2, 0) is 4.74 Å². The average molecular weight is 191 g/mol. The van der Waals surface area contributed by atoms with Crippen molar-refractivity contribution in [1.29, 1.82) is 0 Å². The van der Waals surface area contributed by atoms with Crippen LogP contribution < -0.4 is 0 Å². The van der Waals surface area contributed by atoms with E-state index in [-0.39, 0.29) is 5.69 Å². The highest BCUT2D eigenvalue weighted by atomic mass is 16.5. The summed E-state index contributed by atoms with van der Waals surface area (Å²) < 4.78 is 4.86. The summed E-state index contributed by atoms with van der Waals surface area (Å²) in [6.07, 6.45) is 3.20. The van der Waals surface area contributed by atoms with Crippen molar-refractivity contribution in [2.75, 3.05) is 6.61 Å². The minimum absolute atomic E-state index is 0.279. The lowest BCUT2D eigenvalue weighted by atomic mass is 10.2. The molecule has 0 unspecified atom stereocenters. The molecule has 14 heavy (non-hydrogen) atoms. The Morgan fingerprint density at radius 3 is 3.29 bits per heavy atom. The van der Waals surface area contributed by atoms with Gasteiger partial charge < -0.3 is 4.74 Å². The van der Waals surface area contributed by atoms with E-state index in [0.717, 1.165) is 5.39 Å². The third kappa shape index (κ3) is 1.32. The molecule has 2 aromatic heterocycles. The Kier molecular flexibility index (Phi) is 2.14. The molecule has 0 fully saturated rings. The zero-order chi connectivity index (χ0) is 9.97. The first kappa shape index (κ1) is 8.68. The molecule has 0 aliphatic carbocycles. The minimum atomic E-state index is -0.428. The molecule has 5 nitrogen and oxygen atoms in total. The highest BCUT2D eigenvalue weighted by Crippen LogP contribution is 2.13. The fraction of sp³-hybridized carbons (Fsp3) is 0.222. The van der Waals surface area contributed by atoms with Crippen LogP contribution in [0.15, 0.2) is 18.5 Å². The van der Waals surface area contributed by atoms with E-state index in [1.54, 1.807) is 25.4 Å². The number of fused-ring (bicyclic) bond motifs is 1. The van der Waals surface area contributed by atoms with E-state index < -0.39 is 5.97 Å². The molecule has 0 amide bonds. The Morgan fingerprint density at radius 2 is 2.50 bits per heavy atom. The number of H-pyrrole nitrogens is 1. The SMILES string of the molecule is CCOC(=O)c1nccc2cn[nH]c12. The maximum Gasteiger partial charge on any atom is 0.359 e. The number of nitrogens with zero attached hydrogens (tertiary/aromatic N) is 2. The number of aromatic nitrogens is 3. The molecule has 0 spiro atoms. The second-order valence-electron chi connectivity index (χ2n) is 2.71. The van der Waals surface area contributed by atoms with Gasteiger partial charge in [-0.1, -0.05) is 0 Å². The van der Waals surface area contributed by atoms with E-state index in [0.29, 0.717) is 12.1 Å². The maximum atomic E-state index is 11.4. The maximum absolute atomic E-state index is 11.4. The van der Waals surface area contributed by atoms with Gasteiger partial charge in [-0.2, -0.15) is 5.10 Å². The van der Waals surface area contributed by atoms with Crippen molar-refractivity contribution >= 4 is 16.9 Å². The highest BCUT2D eigenvalue weighted by Gasteiger charge is 2.13. The van der Waals surface area contributed by atoms with Crippen molar-refractivity contribution in [2.45, 2.75) is 6.92 Å². The number of nitrogens with one attached hydrogen (secondary N) is 1. The predicted molar refractivity (Wildman–Crippen MR) is 49.8 cm³/mol. The van der Waals surface area contributed by atoms with Crippen LogP contribution in [-0.4, -0.2) is 27.8 Å². The first-order valence-corrected chi connectivity index (χ1v) is 4.28. The molecule has 2 rings (SSSR count). The summed E-state index contributed by atoms with van der Waals surface area (Å²) >= 11 is 0.